The SMILES string of the molecule is COc1ccc(C2=C(CC(C)N3CCCCC3)C(=O)NCCC2)cc1. The number of carbonyl (C=O) groups is 1. The van der Waals surface area contributed by atoms with Crippen molar-refractivity contribution in [2.45, 2.75) is 51.5 Å². The van der Waals surface area contributed by atoms with Crippen LogP contribution in [0.15, 0.2) is 29.8 Å². The standard InChI is InChI=1S/C21H30N2O2/c1-16(23-13-4-3-5-14-23)15-20-19(7-6-12-22-21(20)24)17-8-10-18(25-2)11-9-17/h8-11,16H,3-7,12-15H2,1-2H3,(H,22,24). The third-order valence-corrected chi connectivity index (χ3v) is 5.48. The van der Waals surface area contributed by atoms with E-state index in [2.05, 4.69) is 29.3 Å². The molecule has 4 nitrogen and oxygen atoms in total. The highest BCUT2D eigenvalue weighted by atomic mass is 16.5. The van der Waals surface area contributed by atoms with Gasteiger partial charge in [-0.15, -0.1) is 0 Å². The number of piperidine rings is 1. The Bertz CT molecular complexity index is 615. The van der Waals surface area contributed by atoms with Crippen LogP contribution in [0.5, 0.6) is 5.75 Å². The summed E-state index contributed by atoms with van der Waals surface area (Å²) < 4.78 is 5.27. The molecule has 4 heteroatoms. The predicted octanol–water partition coefficient (Wildman–Crippen LogP) is 3.62. The van der Waals surface area contributed by atoms with E-state index in [1.165, 1.54) is 24.8 Å². The van der Waals surface area contributed by atoms with Crippen LogP contribution < -0.4 is 10.1 Å². The van der Waals surface area contributed by atoms with Crippen LogP contribution in [0.3, 0.4) is 0 Å². The molecule has 1 unspecified atom stereocenters. The van der Waals surface area contributed by atoms with E-state index < -0.39 is 0 Å². The number of rotatable bonds is 5. The number of amides is 1. The first kappa shape index (κ1) is 18.0. The maximum atomic E-state index is 12.7. The number of allylic oxidation sites excluding steroid dienone is 1. The highest BCUT2D eigenvalue weighted by Crippen LogP contribution is 2.30. The van der Waals surface area contributed by atoms with Crippen molar-refractivity contribution in [2.24, 2.45) is 0 Å². The summed E-state index contributed by atoms with van der Waals surface area (Å²) in [5.41, 5.74) is 3.33. The second-order valence-corrected chi connectivity index (χ2v) is 7.19. The van der Waals surface area contributed by atoms with E-state index in [0.717, 1.165) is 55.8 Å². The lowest BCUT2D eigenvalue weighted by Gasteiger charge is -2.33. The van der Waals surface area contributed by atoms with Gasteiger partial charge in [0.15, 0.2) is 0 Å². The van der Waals surface area contributed by atoms with Gasteiger partial charge in [-0.2, -0.15) is 0 Å². The average molecular weight is 342 g/mol. The number of hydrogen-bond donors (Lipinski definition) is 1. The van der Waals surface area contributed by atoms with E-state index in [1.54, 1.807) is 7.11 Å². The van der Waals surface area contributed by atoms with Crippen LogP contribution >= 0.6 is 0 Å². The molecule has 136 valence electrons. The van der Waals surface area contributed by atoms with Gasteiger partial charge in [0.25, 0.3) is 0 Å². The summed E-state index contributed by atoms with van der Waals surface area (Å²) in [6.07, 6.45) is 6.67. The Labute approximate surface area is 151 Å². The van der Waals surface area contributed by atoms with E-state index in [-0.39, 0.29) is 5.91 Å². The smallest absolute Gasteiger partial charge is 0.247 e. The van der Waals surface area contributed by atoms with Crippen molar-refractivity contribution in [3.63, 3.8) is 0 Å². The second kappa shape index (κ2) is 8.52. The minimum Gasteiger partial charge on any atom is -0.497 e. The largest absolute Gasteiger partial charge is 0.497 e. The van der Waals surface area contributed by atoms with Crippen LogP contribution in [-0.4, -0.2) is 43.6 Å². The van der Waals surface area contributed by atoms with Gasteiger partial charge >= 0.3 is 0 Å². The summed E-state index contributed by atoms with van der Waals surface area (Å²) in [5, 5.41) is 3.09. The molecule has 2 aliphatic heterocycles. The molecule has 1 aromatic carbocycles. The van der Waals surface area contributed by atoms with Gasteiger partial charge in [0.05, 0.1) is 7.11 Å². The summed E-state index contributed by atoms with van der Waals surface area (Å²) in [6.45, 7) is 5.35. The summed E-state index contributed by atoms with van der Waals surface area (Å²) in [4.78, 5) is 15.3. The highest BCUT2D eigenvalue weighted by molar-refractivity contribution is 6.01. The normalized spacial score (nSPS) is 20.8. The van der Waals surface area contributed by atoms with Gasteiger partial charge in [-0.05, 0) is 75.4 Å². The number of benzene rings is 1. The number of nitrogens with zero attached hydrogens (tertiary/aromatic N) is 1. The first-order valence-corrected chi connectivity index (χ1v) is 9.57. The second-order valence-electron chi connectivity index (χ2n) is 7.19. The third-order valence-electron chi connectivity index (χ3n) is 5.48. The molecule has 25 heavy (non-hydrogen) atoms. The summed E-state index contributed by atoms with van der Waals surface area (Å²) in [5.74, 6) is 0.970. The van der Waals surface area contributed by atoms with Crippen molar-refractivity contribution in [2.75, 3.05) is 26.7 Å². The molecule has 1 N–H and O–H groups in total. The summed E-state index contributed by atoms with van der Waals surface area (Å²) in [6, 6.07) is 8.54. The molecule has 1 atom stereocenters. The van der Waals surface area contributed by atoms with Crippen LogP contribution in [0.1, 0.15) is 51.0 Å². The lowest BCUT2D eigenvalue weighted by molar-refractivity contribution is -0.117. The first-order valence-electron chi connectivity index (χ1n) is 9.57. The van der Waals surface area contributed by atoms with Crippen molar-refractivity contribution < 1.29 is 9.53 Å². The van der Waals surface area contributed by atoms with Gasteiger partial charge in [0.1, 0.15) is 5.75 Å². The molecule has 1 aromatic rings. The van der Waals surface area contributed by atoms with E-state index in [0.29, 0.717) is 6.04 Å². The van der Waals surface area contributed by atoms with Gasteiger partial charge in [-0.1, -0.05) is 18.6 Å². The van der Waals surface area contributed by atoms with Crippen molar-refractivity contribution >= 4 is 11.5 Å². The molecule has 1 fully saturated rings. The Hall–Kier alpha value is -1.81. The predicted molar refractivity (Wildman–Crippen MR) is 102 cm³/mol. The molecule has 0 saturated carbocycles. The molecule has 3 rings (SSSR count). The van der Waals surface area contributed by atoms with Gasteiger partial charge in [0, 0.05) is 18.2 Å². The minimum atomic E-state index is 0.118. The summed E-state index contributed by atoms with van der Waals surface area (Å²) in [7, 11) is 1.68. The molecule has 0 bridgehead atoms. The Morgan fingerprint density at radius 3 is 2.52 bits per heavy atom. The first-order chi connectivity index (χ1) is 12.2. The molecular weight excluding hydrogens is 312 g/mol. The molecule has 0 aliphatic carbocycles. The number of methoxy groups -OCH3 is 1. The highest BCUT2D eigenvalue weighted by Gasteiger charge is 2.25. The molecule has 2 heterocycles. The topological polar surface area (TPSA) is 41.6 Å². The van der Waals surface area contributed by atoms with E-state index in [4.69, 9.17) is 4.74 Å². The van der Waals surface area contributed by atoms with E-state index >= 15 is 0 Å². The number of nitrogens with one attached hydrogen (secondary N) is 1. The number of ether oxygens (including phenoxy) is 1. The number of likely N-dealkylation sites (tertiary alicyclic amines) is 1. The molecule has 1 amide bonds. The Balaban J connectivity index is 1.86. The van der Waals surface area contributed by atoms with E-state index in [1.807, 2.05) is 12.1 Å². The van der Waals surface area contributed by atoms with Crippen molar-refractivity contribution in [1.82, 2.24) is 10.2 Å². The van der Waals surface area contributed by atoms with Crippen LogP contribution in [0.4, 0.5) is 0 Å². The third kappa shape index (κ3) is 4.43. The number of carbonyl (C=O) groups excluding carboxylic acids is 1. The molecule has 1 saturated heterocycles. The van der Waals surface area contributed by atoms with Crippen LogP contribution in [0.2, 0.25) is 0 Å². The van der Waals surface area contributed by atoms with Crippen LogP contribution in [0, 0.1) is 0 Å². The van der Waals surface area contributed by atoms with Crippen LogP contribution in [-0.2, 0) is 4.79 Å². The lowest BCUT2D eigenvalue weighted by Crippen LogP contribution is -2.38. The Morgan fingerprint density at radius 1 is 1.12 bits per heavy atom. The fourth-order valence-corrected chi connectivity index (χ4v) is 3.97. The molecule has 0 radical (unpaired) electrons. The Morgan fingerprint density at radius 2 is 1.84 bits per heavy atom. The molecule has 2 aliphatic rings. The van der Waals surface area contributed by atoms with Gasteiger partial charge in [-0.25, -0.2) is 0 Å². The van der Waals surface area contributed by atoms with E-state index in [9.17, 15) is 4.79 Å². The fraction of sp³-hybridized carbons (Fsp3) is 0.571. The monoisotopic (exact) mass is 342 g/mol. The fourth-order valence-electron chi connectivity index (χ4n) is 3.97. The molecule has 0 aromatic heterocycles. The van der Waals surface area contributed by atoms with Crippen molar-refractivity contribution in [3.8, 4) is 5.75 Å². The summed E-state index contributed by atoms with van der Waals surface area (Å²) >= 11 is 0. The zero-order chi connectivity index (χ0) is 17.6. The lowest BCUT2D eigenvalue weighted by atomic mass is 9.92. The van der Waals surface area contributed by atoms with Crippen molar-refractivity contribution in [1.29, 1.82) is 0 Å². The molecular formula is C21H30N2O2. The average Bonchev–Trinajstić information content (AvgIpc) is 2.84. The van der Waals surface area contributed by atoms with Gasteiger partial charge in [0.2, 0.25) is 5.91 Å². The van der Waals surface area contributed by atoms with Crippen molar-refractivity contribution in [3.05, 3.63) is 35.4 Å². The zero-order valence-corrected chi connectivity index (χ0v) is 15.5. The zero-order valence-electron chi connectivity index (χ0n) is 15.5. The number of hydrogen-bond acceptors (Lipinski definition) is 3. The minimum absolute atomic E-state index is 0.118. The van der Waals surface area contributed by atoms with Crippen LogP contribution in [0.25, 0.3) is 5.57 Å². The molecule has 0 spiro atoms. The Kier molecular flexibility index (Phi) is 6.14. The van der Waals surface area contributed by atoms with Gasteiger partial charge in [-0.3, -0.25) is 4.79 Å². The maximum Gasteiger partial charge on any atom is 0.247 e. The van der Waals surface area contributed by atoms with Gasteiger partial charge < -0.3 is 15.0 Å². The maximum absolute atomic E-state index is 12.7. The quantitative estimate of drug-likeness (QED) is 0.888.